The number of hydrogen-bond acceptors (Lipinski definition) is 3. The standard InChI is InChI=1S/C48H30N2.C47H29N3.C46H28N4/c1-2-12-33(13-3-1)49-45-20-10-8-18-40(45)42-25-22-31(28-47(42)49)32-23-26-43-41-19-9-11-21-46(41)50(48(43)29-32)34-24-27-39-37-16-5-4-14-35(37)36-15-6-7-17-38(36)44(39)30-34;1-2-11-36-34(9-1)35-10-3-4-12-37(35)43-29-33(19-22-38(36)43)50-45-16-8-6-14-40(45)42-21-18-31(28-47(42)50)30-17-20-41-39-13-5-7-15-44(39)49(46(41)27-30)32-23-25-48-26-24-32;1-2-11-35-33(9-1)34-10-3-4-12-36(34)42-25-31(19-22-37(35)42)49-43-15-7-5-13-38(43)40-20-17-29(23-45(40)49)30-18-21-41-39-14-6-8-16-44(39)50(46(41)24-30)32-26-47-28-48-27-32/h1-30H;1-29H;1-28H. The van der Waals surface area contributed by atoms with Crippen LogP contribution in [0.3, 0.4) is 0 Å². The van der Waals surface area contributed by atoms with Gasteiger partial charge in [-0.3, -0.25) is 4.98 Å². The van der Waals surface area contributed by atoms with Gasteiger partial charge in [-0.15, -0.1) is 0 Å². The molecule has 25 aromatic carbocycles. The molecule has 9 nitrogen and oxygen atoms in total. The van der Waals surface area contributed by atoms with Crippen LogP contribution in [-0.4, -0.2) is 42.4 Å². The number of rotatable bonds is 9. The maximum atomic E-state index is 4.34. The van der Waals surface area contributed by atoms with Crippen LogP contribution in [0.25, 0.3) is 295 Å². The van der Waals surface area contributed by atoms with Crippen molar-refractivity contribution in [3.8, 4) is 67.5 Å². The quantitative estimate of drug-likeness (QED) is 0.135. The minimum atomic E-state index is 0.947. The molecule has 8 heterocycles. The topological polar surface area (TPSA) is 68.2 Å². The molecule has 0 saturated carbocycles. The van der Waals surface area contributed by atoms with Gasteiger partial charge in [0, 0.05) is 105 Å². The van der Waals surface area contributed by atoms with E-state index in [0.29, 0.717) is 0 Å². The summed E-state index contributed by atoms with van der Waals surface area (Å²) < 4.78 is 14.4. The molecular formula is C141H87N9. The van der Waals surface area contributed by atoms with Crippen molar-refractivity contribution in [3.05, 3.63) is 529 Å². The zero-order valence-electron chi connectivity index (χ0n) is 81.3. The summed E-state index contributed by atoms with van der Waals surface area (Å²) >= 11 is 0. The Hall–Kier alpha value is -20.1. The molecule has 8 aromatic heterocycles. The average Bonchev–Trinajstić information content (AvgIpc) is 1.48. The summed E-state index contributed by atoms with van der Waals surface area (Å²) in [6, 6.07) is 182. The highest BCUT2D eigenvalue weighted by molar-refractivity contribution is 6.30. The van der Waals surface area contributed by atoms with Crippen molar-refractivity contribution in [1.29, 1.82) is 0 Å². The predicted molar refractivity (Wildman–Crippen MR) is 633 cm³/mol. The Kier molecular flexibility index (Phi) is 19.0. The normalized spacial score (nSPS) is 12.0. The van der Waals surface area contributed by atoms with Crippen molar-refractivity contribution in [2.45, 2.75) is 0 Å². The number of fused-ring (bicyclic) bond motifs is 36. The summed E-state index contributed by atoms with van der Waals surface area (Å²) in [5.41, 5.74) is 28.1. The van der Waals surface area contributed by atoms with Gasteiger partial charge in [0.25, 0.3) is 0 Å². The summed E-state index contributed by atoms with van der Waals surface area (Å²) in [7, 11) is 0. The van der Waals surface area contributed by atoms with Crippen molar-refractivity contribution in [2.75, 3.05) is 0 Å². The number of benzene rings is 25. The molecule has 0 atom stereocenters. The third kappa shape index (κ3) is 13.1. The van der Waals surface area contributed by atoms with Gasteiger partial charge in [0.2, 0.25) is 0 Å². The highest BCUT2D eigenvalue weighted by atomic mass is 15.0. The van der Waals surface area contributed by atoms with Gasteiger partial charge in [0.05, 0.1) is 84.3 Å². The molecule has 696 valence electrons. The van der Waals surface area contributed by atoms with Crippen LogP contribution < -0.4 is 0 Å². The highest BCUT2D eigenvalue weighted by Crippen LogP contribution is 2.48. The molecule has 9 heteroatoms. The minimum absolute atomic E-state index is 0.947. The summed E-state index contributed by atoms with van der Waals surface area (Å²) in [4.78, 5) is 13.0. The van der Waals surface area contributed by atoms with E-state index < -0.39 is 0 Å². The van der Waals surface area contributed by atoms with E-state index in [0.717, 1.165) is 39.3 Å². The van der Waals surface area contributed by atoms with Crippen LogP contribution in [0.4, 0.5) is 0 Å². The van der Waals surface area contributed by atoms with Crippen LogP contribution in [0.1, 0.15) is 0 Å². The Morgan fingerprint density at radius 1 is 0.107 bits per heavy atom. The van der Waals surface area contributed by atoms with E-state index in [9.17, 15) is 0 Å². The van der Waals surface area contributed by atoms with E-state index in [-0.39, 0.29) is 0 Å². The first kappa shape index (κ1) is 84.4. The van der Waals surface area contributed by atoms with Crippen molar-refractivity contribution < 1.29 is 0 Å². The van der Waals surface area contributed by atoms with Crippen LogP contribution in [0.2, 0.25) is 0 Å². The Bertz CT molecular complexity index is 10400. The maximum absolute atomic E-state index is 4.34. The van der Waals surface area contributed by atoms with Gasteiger partial charge >= 0.3 is 0 Å². The zero-order valence-corrected chi connectivity index (χ0v) is 81.3. The Morgan fingerprint density at radius 2 is 0.280 bits per heavy atom. The molecule has 0 N–H and O–H groups in total. The van der Waals surface area contributed by atoms with Crippen LogP contribution in [0.5, 0.6) is 0 Å². The number of para-hydroxylation sites is 7. The molecule has 0 fully saturated rings. The van der Waals surface area contributed by atoms with Gasteiger partial charge in [-0.05, 0) is 264 Å². The first-order valence-electron chi connectivity index (χ1n) is 51.4. The molecule has 33 rings (SSSR count). The molecule has 0 amide bonds. The Labute approximate surface area is 860 Å². The number of hydrogen-bond donors (Lipinski definition) is 0. The lowest BCUT2D eigenvalue weighted by Crippen LogP contribution is -1.96. The van der Waals surface area contributed by atoms with E-state index in [1.807, 2.05) is 24.8 Å². The monoisotopic (exact) mass is 1910 g/mol. The van der Waals surface area contributed by atoms with Gasteiger partial charge in [-0.1, -0.05) is 364 Å². The fraction of sp³-hybridized carbons (Fsp3) is 0. The molecule has 0 aliphatic rings. The Balaban J connectivity index is 0.000000101. The summed E-state index contributed by atoms with van der Waals surface area (Å²) in [6.45, 7) is 0. The average molecular weight is 1910 g/mol. The van der Waals surface area contributed by atoms with Crippen LogP contribution in [-0.2, 0) is 0 Å². The zero-order chi connectivity index (χ0) is 98.3. The molecule has 0 unspecified atom stereocenters. The smallest absolute Gasteiger partial charge is 0.115 e. The Morgan fingerprint density at radius 3 is 0.520 bits per heavy atom. The van der Waals surface area contributed by atoms with Gasteiger partial charge in [0.1, 0.15) is 6.33 Å². The van der Waals surface area contributed by atoms with Gasteiger partial charge in [0.15, 0.2) is 0 Å². The molecule has 0 saturated heterocycles. The van der Waals surface area contributed by atoms with Crippen molar-refractivity contribution in [2.24, 2.45) is 0 Å². The van der Waals surface area contributed by atoms with Crippen molar-refractivity contribution >= 4 is 228 Å². The molecule has 0 aliphatic carbocycles. The summed E-state index contributed by atoms with van der Waals surface area (Å²) in [6.07, 6.45) is 9.07. The van der Waals surface area contributed by atoms with Gasteiger partial charge in [-0.25, -0.2) is 9.97 Å². The van der Waals surface area contributed by atoms with E-state index in [1.165, 1.54) is 256 Å². The first-order chi connectivity index (χ1) is 74.4. The molecule has 0 aliphatic heterocycles. The van der Waals surface area contributed by atoms with E-state index in [2.05, 4.69) is 540 Å². The van der Waals surface area contributed by atoms with Crippen LogP contribution >= 0.6 is 0 Å². The third-order valence-corrected chi connectivity index (χ3v) is 31.7. The second-order valence-corrected chi connectivity index (χ2v) is 39.6. The molecule has 33 aromatic rings. The highest BCUT2D eigenvalue weighted by Gasteiger charge is 2.25. The third-order valence-electron chi connectivity index (χ3n) is 31.7. The largest absolute Gasteiger partial charge is 0.309 e. The number of nitrogens with zero attached hydrogens (tertiary/aromatic N) is 9. The van der Waals surface area contributed by atoms with Crippen LogP contribution in [0.15, 0.2) is 529 Å². The lowest BCUT2D eigenvalue weighted by Gasteiger charge is -2.14. The predicted octanol–water partition coefficient (Wildman–Crippen LogP) is 37.2. The molecule has 0 radical (unpaired) electrons. The summed E-state index contributed by atoms with van der Waals surface area (Å²) in [5.74, 6) is 0. The number of aromatic nitrogens is 9. The van der Waals surface area contributed by atoms with Gasteiger partial charge in [-0.2, -0.15) is 0 Å². The second-order valence-electron chi connectivity index (χ2n) is 39.6. The molecule has 0 spiro atoms. The fourth-order valence-electron chi connectivity index (χ4n) is 25.2. The molecule has 150 heavy (non-hydrogen) atoms. The van der Waals surface area contributed by atoms with Crippen molar-refractivity contribution in [1.82, 2.24) is 42.4 Å². The van der Waals surface area contributed by atoms with Crippen molar-refractivity contribution in [3.63, 3.8) is 0 Å². The minimum Gasteiger partial charge on any atom is -0.309 e. The molecular weight excluding hydrogens is 1820 g/mol. The maximum Gasteiger partial charge on any atom is 0.115 e. The first-order valence-corrected chi connectivity index (χ1v) is 51.4. The second kappa shape index (κ2) is 33.7. The van der Waals surface area contributed by atoms with E-state index in [1.54, 1.807) is 6.33 Å². The lowest BCUT2D eigenvalue weighted by atomic mass is 9.94. The lowest BCUT2D eigenvalue weighted by molar-refractivity contribution is 1.07. The van der Waals surface area contributed by atoms with E-state index >= 15 is 0 Å². The van der Waals surface area contributed by atoms with E-state index in [4.69, 9.17) is 0 Å². The SMILES string of the molecule is c1ccc(-n2c3ccccc3c3ccc(-c4ccc5c6ccccc6n(-c6ccc7c8ccccc8c8ccccc8c7c6)c5c4)cc32)cc1.c1ccc2c(c1)c1ccccc1c1cc(-n3c4ccccc4c4ccc(-c5ccc6c7ccccc7n(-c7ccncc7)c6c5)cc43)ccc21.c1ccc2c(c1)c1ccccc1c1cc(-n3c4ccccc4c4ccc(-c5ccc6c7ccccc7n(-c7cncnc7)c6c5)cc43)ccc21. The number of pyridine rings is 1. The van der Waals surface area contributed by atoms with Gasteiger partial charge < -0.3 is 27.4 Å². The molecule has 0 bridgehead atoms. The van der Waals surface area contributed by atoms with Crippen LogP contribution in [0, 0.1) is 0 Å². The summed E-state index contributed by atoms with van der Waals surface area (Å²) in [5, 5.41) is 38.1. The fourth-order valence-corrected chi connectivity index (χ4v) is 25.2.